The normalized spacial score (nSPS) is 25.3. The maximum absolute atomic E-state index is 12.7. The molecule has 2 amide bonds. The van der Waals surface area contributed by atoms with Crippen LogP contribution in [0, 0.1) is 5.41 Å². The van der Waals surface area contributed by atoms with Gasteiger partial charge >= 0.3 is 6.03 Å². The highest BCUT2D eigenvalue weighted by Crippen LogP contribution is 2.45. The number of likely N-dealkylation sites (tertiary alicyclic amines) is 1. The summed E-state index contributed by atoms with van der Waals surface area (Å²) in [6, 6.07) is 7.68. The molecule has 4 rings (SSSR count). The second-order valence-corrected chi connectivity index (χ2v) is 7.41. The monoisotopic (exact) mass is 330 g/mol. The lowest BCUT2D eigenvalue weighted by Crippen LogP contribution is -2.35. The fourth-order valence-corrected chi connectivity index (χ4v) is 4.29. The van der Waals surface area contributed by atoms with Gasteiger partial charge in [-0.15, -0.1) is 0 Å². The van der Waals surface area contributed by atoms with Crippen molar-refractivity contribution in [3.8, 4) is 5.75 Å². The van der Waals surface area contributed by atoms with Crippen LogP contribution >= 0.6 is 0 Å². The summed E-state index contributed by atoms with van der Waals surface area (Å²) in [6.07, 6.45) is 7.31. The topological polar surface area (TPSA) is 50.8 Å². The number of amides is 2. The predicted molar refractivity (Wildman–Crippen MR) is 92.4 cm³/mol. The van der Waals surface area contributed by atoms with Gasteiger partial charge in [-0.1, -0.05) is 25.0 Å². The average molecular weight is 330 g/mol. The molecule has 1 spiro atoms. The summed E-state index contributed by atoms with van der Waals surface area (Å²) in [4.78, 5) is 14.7. The van der Waals surface area contributed by atoms with Gasteiger partial charge in [0.05, 0.1) is 18.9 Å². The SMILES string of the molecule is O=C(Nc1ccccc1O[C@H]1CCOC1)N1CCC2(CCCC2)C1. The number of ether oxygens (including phenoxy) is 2. The first kappa shape index (κ1) is 15.8. The molecule has 1 N–H and O–H groups in total. The van der Waals surface area contributed by atoms with Gasteiger partial charge in [-0.05, 0) is 36.8 Å². The van der Waals surface area contributed by atoms with E-state index in [1.165, 1.54) is 25.7 Å². The minimum absolute atomic E-state index is 0.00232. The Kier molecular flexibility index (Phi) is 4.35. The molecule has 3 fully saturated rings. The Morgan fingerprint density at radius 3 is 2.88 bits per heavy atom. The fraction of sp³-hybridized carbons (Fsp3) is 0.632. The number of rotatable bonds is 3. The number of nitrogens with zero attached hydrogens (tertiary/aromatic N) is 1. The van der Waals surface area contributed by atoms with Crippen molar-refractivity contribution >= 4 is 11.7 Å². The Labute approximate surface area is 143 Å². The number of benzene rings is 1. The summed E-state index contributed by atoms with van der Waals surface area (Å²) in [5.41, 5.74) is 1.15. The summed E-state index contributed by atoms with van der Waals surface area (Å²) in [5, 5.41) is 3.05. The summed E-state index contributed by atoms with van der Waals surface area (Å²) >= 11 is 0. The lowest BCUT2D eigenvalue weighted by atomic mass is 9.86. The van der Waals surface area contributed by atoms with E-state index in [4.69, 9.17) is 9.47 Å². The number of hydrogen-bond acceptors (Lipinski definition) is 3. The van der Waals surface area contributed by atoms with Crippen LogP contribution in [0.4, 0.5) is 10.5 Å². The molecule has 1 aromatic carbocycles. The minimum Gasteiger partial charge on any atom is -0.486 e. The zero-order chi connectivity index (χ0) is 16.4. The number of carbonyl (C=O) groups excluding carboxylic acids is 1. The van der Waals surface area contributed by atoms with Crippen molar-refractivity contribution in [3.05, 3.63) is 24.3 Å². The number of urea groups is 1. The van der Waals surface area contributed by atoms with Crippen molar-refractivity contribution < 1.29 is 14.3 Å². The quantitative estimate of drug-likeness (QED) is 0.920. The molecule has 0 aromatic heterocycles. The van der Waals surface area contributed by atoms with Gasteiger partial charge in [-0.3, -0.25) is 0 Å². The zero-order valence-electron chi connectivity index (χ0n) is 14.1. The van der Waals surface area contributed by atoms with E-state index in [0.717, 1.165) is 44.0 Å². The lowest BCUT2D eigenvalue weighted by Gasteiger charge is -2.24. The molecule has 1 aromatic rings. The van der Waals surface area contributed by atoms with Crippen LogP contribution in [-0.2, 0) is 4.74 Å². The molecule has 130 valence electrons. The van der Waals surface area contributed by atoms with Crippen molar-refractivity contribution in [1.29, 1.82) is 0 Å². The van der Waals surface area contributed by atoms with Crippen molar-refractivity contribution in [2.24, 2.45) is 5.41 Å². The molecule has 5 heteroatoms. The third-order valence-electron chi connectivity index (χ3n) is 5.70. The molecule has 5 nitrogen and oxygen atoms in total. The van der Waals surface area contributed by atoms with Crippen LogP contribution in [0.1, 0.15) is 38.5 Å². The molecule has 0 radical (unpaired) electrons. The Morgan fingerprint density at radius 1 is 1.25 bits per heavy atom. The van der Waals surface area contributed by atoms with Crippen molar-refractivity contribution in [2.75, 3.05) is 31.6 Å². The van der Waals surface area contributed by atoms with Crippen LogP contribution in [0.25, 0.3) is 0 Å². The second kappa shape index (κ2) is 6.63. The van der Waals surface area contributed by atoms with E-state index in [9.17, 15) is 4.79 Å². The Hall–Kier alpha value is -1.75. The van der Waals surface area contributed by atoms with Gasteiger partial charge in [0.25, 0.3) is 0 Å². The first-order valence-electron chi connectivity index (χ1n) is 9.14. The molecular formula is C19H26N2O3. The highest BCUT2D eigenvalue weighted by molar-refractivity contribution is 5.91. The molecule has 2 heterocycles. The van der Waals surface area contributed by atoms with Gasteiger partial charge < -0.3 is 19.7 Å². The van der Waals surface area contributed by atoms with E-state index in [-0.39, 0.29) is 12.1 Å². The summed E-state index contributed by atoms with van der Waals surface area (Å²) in [6.45, 7) is 3.13. The first-order chi connectivity index (χ1) is 11.7. The number of carbonyl (C=O) groups is 1. The van der Waals surface area contributed by atoms with Crippen LogP contribution in [0.2, 0.25) is 0 Å². The maximum atomic E-state index is 12.7. The van der Waals surface area contributed by atoms with E-state index in [0.29, 0.717) is 12.0 Å². The first-order valence-corrected chi connectivity index (χ1v) is 9.14. The van der Waals surface area contributed by atoms with Crippen LogP contribution in [0.3, 0.4) is 0 Å². The summed E-state index contributed by atoms with van der Waals surface area (Å²) in [5.74, 6) is 0.733. The number of hydrogen-bond donors (Lipinski definition) is 1. The fourth-order valence-electron chi connectivity index (χ4n) is 4.29. The minimum atomic E-state index is -0.00232. The molecular weight excluding hydrogens is 304 g/mol. The molecule has 0 bridgehead atoms. The van der Waals surface area contributed by atoms with Crippen LogP contribution < -0.4 is 10.1 Å². The van der Waals surface area contributed by atoms with Gasteiger partial charge in [0.2, 0.25) is 0 Å². The molecule has 2 aliphatic heterocycles. The molecule has 1 atom stereocenters. The van der Waals surface area contributed by atoms with Crippen molar-refractivity contribution in [1.82, 2.24) is 4.90 Å². The van der Waals surface area contributed by atoms with Gasteiger partial charge in [0, 0.05) is 19.5 Å². The number of para-hydroxylation sites is 2. The predicted octanol–water partition coefficient (Wildman–Crippen LogP) is 3.65. The third kappa shape index (κ3) is 3.22. The third-order valence-corrected chi connectivity index (χ3v) is 5.70. The molecule has 3 aliphatic rings. The van der Waals surface area contributed by atoms with E-state index in [1.807, 2.05) is 29.2 Å². The lowest BCUT2D eigenvalue weighted by molar-refractivity contribution is 0.142. The molecule has 1 saturated carbocycles. The highest BCUT2D eigenvalue weighted by Gasteiger charge is 2.41. The van der Waals surface area contributed by atoms with Gasteiger partial charge in [0.1, 0.15) is 11.9 Å². The Balaban J connectivity index is 1.40. The summed E-state index contributed by atoms with van der Waals surface area (Å²) < 4.78 is 11.4. The highest BCUT2D eigenvalue weighted by atomic mass is 16.5. The molecule has 1 aliphatic carbocycles. The van der Waals surface area contributed by atoms with Crippen LogP contribution in [-0.4, -0.2) is 43.3 Å². The Morgan fingerprint density at radius 2 is 2.08 bits per heavy atom. The van der Waals surface area contributed by atoms with E-state index >= 15 is 0 Å². The van der Waals surface area contributed by atoms with Gasteiger partial charge in [-0.2, -0.15) is 0 Å². The Bertz CT molecular complexity index is 592. The molecule has 0 unspecified atom stereocenters. The van der Waals surface area contributed by atoms with Gasteiger partial charge in [0.15, 0.2) is 0 Å². The number of nitrogens with one attached hydrogen (secondary N) is 1. The number of anilines is 1. The largest absolute Gasteiger partial charge is 0.486 e. The smallest absolute Gasteiger partial charge is 0.321 e. The van der Waals surface area contributed by atoms with Gasteiger partial charge in [-0.25, -0.2) is 4.79 Å². The average Bonchev–Trinajstić information content (AvgIpc) is 3.33. The summed E-state index contributed by atoms with van der Waals surface area (Å²) in [7, 11) is 0. The van der Waals surface area contributed by atoms with Crippen molar-refractivity contribution in [2.45, 2.75) is 44.6 Å². The van der Waals surface area contributed by atoms with Crippen LogP contribution in [0.5, 0.6) is 5.75 Å². The standard InChI is InChI=1S/C19H26N2O3/c22-18(21-11-10-19(14-21)8-3-4-9-19)20-16-5-1-2-6-17(16)24-15-7-12-23-13-15/h1-2,5-6,15H,3-4,7-14H2,(H,20,22)/t15-/m0/s1. The zero-order valence-corrected chi connectivity index (χ0v) is 14.1. The van der Waals surface area contributed by atoms with E-state index in [1.54, 1.807) is 0 Å². The molecule has 2 saturated heterocycles. The van der Waals surface area contributed by atoms with E-state index in [2.05, 4.69) is 5.32 Å². The van der Waals surface area contributed by atoms with Crippen LogP contribution in [0.15, 0.2) is 24.3 Å². The maximum Gasteiger partial charge on any atom is 0.321 e. The molecule has 24 heavy (non-hydrogen) atoms. The van der Waals surface area contributed by atoms with E-state index < -0.39 is 0 Å². The second-order valence-electron chi connectivity index (χ2n) is 7.41. The van der Waals surface area contributed by atoms with Crippen molar-refractivity contribution in [3.63, 3.8) is 0 Å².